The molecule has 1 aliphatic rings. The van der Waals surface area contributed by atoms with Gasteiger partial charge in [-0.3, -0.25) is 4.79 Å². The highest BCUT2D eigenvalue weighted by Gasteiger charge is 2.25. The van der Waals surface area contributed by atoms with E-state index in [1.807, 2.05) is 0 Å². The van der Waals surface area contributed by atoms with Crippen LogP contribution < -0.4 is 5.32 Å². The summed E-state index contributed by atoms with van der Waals surface area (Å²) in [5.41, 5.74) is 3.77. The van der Waals surface area contributed by atoms with Crippen LogP contribution in [-0.2, 0) is 11.2 Å². The smallest absolute Gasteiger partial charge is 0.304 e. The van der Waals surface area contributed by atoms with Crippen molar-refractivity contribution in [1.82, 2.24) is 5.32 Å². The first-order valence-electron chi connectivity index (χ1n) is 6.58. The monoisotopic (exact) mass is 247 g/mol. The molecule has 3 heteroatoms. The lowest BCUT2D eigenvalue weighted by Gasteiger charge is -2.17. The van der Waals surface area contributed by atoms with Crippen LogP contribution in [0.2, 0.25) is 0 Å². The summed E-state index contributed by atoms with van der Waals surface area (Å²) in [4.78, 5) is 10.9. The maximum atomic E-state index is 10.9. The molecule has 1 aromatic carbocycles. The number of rotatable bonds is 6. The zero-order valence-corrected chi connectivity index (χ0v) is 11.1. The maximum absolute atomic E-state index is 10.9. The van der Waals surface area contributed by atoms with Gasteiger partial charge in [-0.25, -0.2) is 0 Å². The average Bonchev–Trinajstić information content (AvgIpc) is 3.06. The lowest BCUT2D eigenvalue weighted by molar-refractivity contribution is -0.137. The molecule has 98 valence electrons. The van der Waals surface area contributed by atoms with Gasteiger partial charge in [0, 0.05) is 12.1 Å². The van der Waals surface area contributed by atoms with E-state index in [9.17, 15) is 4.79 Å². The van der Waals surface area contributed by atoms with Crippen LogP contribution in [0.1, 0.15) is 36.0 Å². The van der Waals surface area contributed by atoms with Crippen LogP contribution in [0.4, 0.5) is 0 Å². The van der Waals surface area contributed by atoms with Crippen molar-refractivity contribution in [3.8, 4) is 0 Å². The Morgan fingerprint density at radius 3 is 2.67 bits per heavy atom. The van der Waals surface area contributed by atoms with Gasteiger partial charge in [-0.1, -0.05) is 18.2 Å². The van der Waals surface area contributed by atoms with E-state index in [-0.39, 0.29) is 12.5 Å². The molecule has 1 aliphatic carbocycles. The van der Waals surface area contributed by atoms with E-state index >= 15 is 0 Å². The Kier molecular flexibility index (Phi) is 4.02. The van der Waals surface area contributed by atoms with Crippen LogP contribution >= 0.6 is 0 Å². The average molecular weight is 247 g/mol. The van der Waals surface area contributed by atoms with Crippen molar-refractivity contribution in [2.75, 3.05) is 0 Å². The Morgan fingerprint density at radius 1 is 1.39 bits per heavy atom. The number of carbonyl (C=O) groups is 1. The van der Waals surface area contributed by atoms with Crippen molar-refractivity contribution in [2.45, 2.75) is 51.6 Å². The highest BCUT2D eigenvalue weighted by atomic mass is 16.4. The summed E-state index contributed by atoms with van der Waals surface area (Å²) in [6, 6.07) is 6.97. The third-order valence-electron chi connectivity index (χ3n) is 3.52. The van der Waals surface area contributed by atoms with Gasteiger partial charge in [0.05, 0.1) is 6.42 Å². The molecule has 1 aromatic rings. The second-order valence-electron chi connectivity index (χ2n) is 5.36. The number of carboxylic acid groups (broad SMARTS) is 1. The Balaban J connectivity index is 2.01. The van der Waals surface area contributed by atoms with E-state index in [1.54, 1.807) is 0 Å². The predicted molar refractivity (Wildman–Crippen MR) is 71.8 cm³/mol. The van der Waals surface area contributed by atoms with Gasteiger partial charge in [0.25, 0.3) is 0 Å². The second-order valence-corrected chi connectivity index (χ2v) is 5.36. The van der Waals surface area contributed by atoms with Crippen molar-refractivity contribution in [1.29, 1.82) is 0 Å². The van der Waals surface area contributed by atoms with Gasteiger partial charge in [0.1, 0.15) is 0 Å². The van der Waals surface area contributed by atoms with Crippen LogP contribution in [0, 0.1) is 13.8 Å². The van der Waals surface area contributed by atoms with Crippen molar-refractivity contribution in [3.63, 3.8) is 0 Å². The molecule has 2 rings (SSSR count). The van der Waals surface area contributed by atoms with Gasteiger partial charge >= 0.3 is 5.97 Å². The SMILES string of the molecule is Cc1ccc(CC(CC(=O)O)NC2CC2)cc1C. The van der Waals surface area contributed by atoms with E-state index in [0.29, 0.717) is 6.04 Å². The van der Waals surface area contributed by atoms with E-state index < -0.39 is 5.97 Å². The molecule has 0 aliphatic heterocycles. The first-order chi connectivity index (χ1) is 8.54. The number of hydrogen-bond donors (Lipinski definition) is 2. The number of nitrogens with one attached hydrogen (secondary N) is 1. The molecule has 3 nitrogen and oxygen atoms in total. The topological polar surface area (TPSA) is 49.3 Å². The van der Waals surface area contributed by atoms with Gasteiger partial charge in [-0.15, -0.1) is 0 Å². The number of aliphatic carboxylic acids is 1. The molecule has 1 saturated carbocycles. The number of aryl methyl sites for hydroxylation is 2. The molecule has 0 radical (unpaired) electrons. The molecule has 0 aromatic heterocycles. The highest BCUT2D eigenvalue weighted by molar-refractivity contribution is 5.67. The summed E-state index contributed by atoms with van der Waals surface area (Å²) in [5.74, 6) is -0.725. The van der Waals surface area contributed by atoms with Crippen LogP contribution in [0.3, 0.4) is 0 Å². The normalized spacial score (nSPS) is 16.6. The quantitative estimate of drug-likeness (QED) is 0.811. The summed E-state index contributed by atoms with van der Waals surface area (Å²) in [6.45, 7) is 4.19. The molecule has 0 bridgehead atoms. The summed E-state index contributed by atoms with van der Waals surface area (Å²) >= 11 is 0. The van der Waals surface area contributed by atoms with E-state index in [4.69, 9.17) is 5.11 Å². The molecule has 0 heterocycles. The van der Waals surface area contributed by atoms with E-state index in [1.165, 1.54) is 29.5 Å². The molecule has 0 amide bonds. The van der Waals surface area contributed by atoms with E-state index in [2.05, 4.69) is 37.4 Å². The molecular formula is C15H21NO2. The fraction of sp³-hybridized carbons (Fsp3) is 0.533. The van der Waals surface area contributed by atoms with Crippen LogP contribution in [0.25, 0.3) is 0 Å². The lowest BCUT2D eigenvalue weighted by atomic mass is 9.99. The fourth-order valence-corrected chi connectivity index (χ4v) is 2.20. The van der Waals surface area contributed by atoms with Gasteiger partial charge in [-0.05, 0) is 49.8 Å². The molecule has 0 saturated heterocycles. The molecule has 18 heavy (non-hydrogen) atoms. The minimum Gasteiger partial charge on any atom is -0.481 e. The molecular weight excluding hydrogens is 226 g/mol. The van der Waals surface area contributed by atoms with Crippen LogP contribution in [0.15, 0.2) is 18.2 Å². The first-order valence-corrected chi connectivity index (χ1v) is 6.58. The van der Waals surface area contributed by atoms with Gasteiger partial charge in [-0.2, -0.15) is 0 Å². The minimum absolute atomic E-state index is 0.0529. The fourth-order valence-electron chi connectivity index (χ4n) is 2.20. The lowest BCUT2D eigenvalue weighted by Crippen LogP contribution is -2.35. The number of hydrogen-bond acceptors (Lipinski definition) is 2. The predicted octanol–water partition coefficient (Wildman–Crippen LogP) is 2.44. The Hall–Kier alpha value is -1.35. The number of carboxylic acids is 1. The van der Waals surface area contributed by atoms with Crippen molar-refractivity contribution >= 4 is 5.97 Å². The van der Waals surface area contributed by atoms with E-state index in [0.717, 1.165) is 6.42 Å². The third kappa shape index (κ3) is 3.84. The molecule has 2 N–H and O–H groups in total. The Labute approximate surface area is 108 Å². The summed E-state index contributed by atoms with van der Waals surface area (Å²) in [6.07, 6.45) is 3.36. The van der Waals surface area contributed by atoms with Crippen molar-refractivity contribution < 1.29 is 9.90 Å². The molecule has 0 spiro atoms. The van der Waals surface area contributed by atoms with Crippen LogP contribution in [0.5, 0.6) is 0 Å². The first kappa shape index (κ1) is 13.1. The Morgan fingerprint density at radius 2 is 2.11 bits per heavy atom. The Bertz CT molecular complexity index is 438. The van der Waals surface area contributed by atoms with Crippen molar-refractivity contribution in [2.24, 2.45) is 0 Å². The number of benzene rings is 1. The zero-order chi connectivity index (χ0) is 13.1. The van der Waals surface area contributed by atoms with Gasteiger partial charge < -0.3 is 10.4 Å². The standard InChI is InChI=1S/C15H21NO2/c1-10-3-4-12(7-11(10)2)8-14(9-15(17)18)16-13-5-6-13/h3-4,7,13-14,16H,5-6,8-9H2,1-2H3,(H,17,18). The zero-order valence-electron chi connectivity index (χ0n) is 11.1. The van der Waals surface area contributed by atoms with Crippen molar-refractivity contribution in [3.05, 3.63) is 34.9 Å². The minimum atomic E-state index is -0.725. The molecule has 1 fully saturated rings. The second kappa shape index (κ2) is 5.53. The summed E-state index contributed by atoms with van der Waals surface area (Å²) in [7, 11) is 0. The summed E-state index contributed by atoms with van der Waals surface area (Å²) in [5, 5.41) is 12.4. The third-order valence-corrected chi connectivity index (χ3v) is 3.52. The molecule has 1 atom stereocenters. The maximum Gasteiger partial charge on any atom is 0.304 e. The van der Waals surface area contributed by atoms with Gasteiger partial charge in [0.2, 0.25) is 0 Å². The largest absolute Gasteiger partial charge is 0.481 e. The summed E-state index contributed by atoms with van der Waals surface area (Å²) < 4.78 is 0. The van der Waals surface area contributed by atoms with Gasteiger partial charge in [0.15, 0.2) is 0 Å². The molecule has 1 unspecified atom stereocenters. The highest BCUT2D eigenvalue weighted by Crippen LogP contribution is 2.21. The van der Waals surface area contributed by atoms with Crippen LogP contribution in [-0.4, -0.2) is 23.2 Å².